The Morgan fingerprint density at radius 2 is 2.20 bits per heavy atom. The minimum absolute atomic E-state index is 0.518. The van der Waals surface area contributed by atoms with Gasteiger partial charge in [-0.1, -0.05) is 0 Å². The number of fused-ring (bicyclic) bond motifs is 1. The van der Waals surface area contributed by atoms with Crippen LogP contribution in [0.25, 0.3) is 0 Å². The maximum atomic E-state index is 5.78. The summed E-state index contributed by atoms with van der Waals surface area (Å²) < 4.78 is 0. The molecule has 0 aromatic heterocycles. The van der Waals surface area contributed by atoms with E-state index in [2.05, 4.69) is 37.1 Å². The summed E-state index contributed by atoms with van der Waals surface area (Å²) in [6, 6.07) is 7.13. The van der Waals surface area contributed by atoms with E-state index in [1.807, 2.05) is 12.1 Å². The van der Waals surface area contributed by atoms with Crippen LogP contribution in [0, 0.1) is 0 Å². The van der Waals surface area contributed by atoms with Crippen LogP contribution in [0.1, 0.15) is 20.8 Å². The largest absolute Gasteiger partial charge is 0.399 e. The number of nitrogen functional groups attached to an aromatic ring is 1. The normalized spacial score (nSPS) is 20.0. The van der Waals surface area contributed by atoms with Crippen molar-refractivity contribution in [2.24, 2.45) is 0 Å². The van der Waals surface area contributed by atoms with Crippen LogP contribution < -0.4 is 16.0 Å². The van der Waals surface area contributed by atoms with Gasteiger partial charge in [-0.05, 0) is 39.0 Å². The van der Waals surface area contributed by atoms with Gasteiger partial charge in [0.25, 0.3) is 0 Å². The van der Waals surface area contributed by atoms with E-state index in [0.29, 0.717) is 12.1 Å². The first-order valence-corrected chi connectivity index (χ1v) is 5.51. The summed E-state index contributed by atoms with van der Waals surface area (Å²) in [5, 5.41) is 3.42. The van der Waals surface area contributed by atoms with Gasteiger partial charge in [-0.2, -0.15) is 0 Å². The minimum atomic E-state index is 0.518. The second-order valence-electron chi connectivity index (χ2n) is 4.51. The molecule has 1 heterocycles. The average molecular weight is 205 g/mol. The molecule has 2 rings (SSSR count). The molecule has 1 aromatic rings. The first-order valence-electron chi connectivity index (χ1n) is 5.51. The predicted molar refractivity (Wildman–Crippen MR) is 66.4 cm³/mol. The van der Waals surface area contributed by atoms with Crippen molar-refractivity contribution in [1.82, 2.24) is 0 Å². The summed E-state index contributed by atoms with van der Waals surface area (Å²) in [5.74, 6) is 0. The van der Waals surface area contributed by atoms with E-state index in [0.717, 1.165) is 17.9 Å². The van der Waals surface area contributed by atoms with E-state index in [4.69, 9.17) is 5.73 Å². The second kappa shape index (κ2) is 3.65. The highest BCUT2D eigenvalue weighted by atomic mass is 15.2. The summed E-state index contributed by atoms with van der Waals surface area (Å²) >= 11 is 0. The summed E-state index contributed by atoms with van der Waals surface area (Å²) in [7, 11) is 0. The monoisotopic (exact) mass is 205 g/mol. The molecule has 3 nitrogen and oxygen atoms in total. The minimum Gasteiger partial charge on any atom is -0.399 e. The van der Waals surface area contributed by atoms with Crippen LogP contribution >= 0.6 is 0 Å². The number of nitrogens with zero attached hydrogens (tertiary/aromatic N) is 1. The molecule has 1 aliphatic rings. The van der Waals surface area contributed by atoms with Gasteiger partial charge in [0.05, 0.1) is 11.4 Å². The smallest absolute Gasteiger partial charge is 0.0608 e. The zero-order valence-corrected chi connectivity index (χ0v) is 9.62. The zero-order valence-electron chi connectivity index (χ0n) is 9.62. The third-order valence-electron chi connectivity index (χ3n) is 2.92. The second-order valence-corrected chi connectivity index (χ2v) is 4.51. The van der Waals surface area contributed by atoms with Gasteiger partial charge in [0, 0.05) is 24.3 Å². The molecule has 82 valence electrons. The van der Waals surface area contributed by atoms with Crippen LogP contribution in [-0.2, 0) is 0 Å². The summed E-state index contributed by atoms with van der Waals surface area (Å²) in [6.07, 6.45) is 0. The summed E-state index contributed by atoms with van der Waals surface area (Å²) in [5.41, 5.74) is 9.01. The van der Waals surface area contributed by atoms with Crippen molar-refractivity contribution >= 4 is 17.1 Å². The Hall–Kier alpha value is -1.38. The number of hydrogen-bond acceptors (Lipinski definition) is 3. The number of benzene rings is 1. The van der Waals surface area contributed by atoms with Gasteiger partial charge in [0.15, 0.2) is 0 Å². The molecule has 0 bridgehead atoms. The Morgan fingerprint density at radius 3 is 2.87 bits per heavy atom. The molecule has 15 heavy (non-hydrogen) atoms. The lowest BCUT2D eigenvalue weighted by Crippen LogP contribution is -2.46. The van der Waals surface area contributed by atoms with Gasteiger partial charge >= 0.3 is 0 Å². The lowest BCUT2D eigenvalue weighted by atomic mass is 10.1. The Morgan fingerprint density at radius 1 is 1.47 bits per heavy atom. The van der Waals surface area contributed by atoms with Crippen LogP contribution in [0.3, 0.4) is 0 Å². The van der Waals surface area contributed by atoms with Crippen LogP contribution in [-0.4, -0.2) is 18.6 Å². The van der Waals surface area contributed by atoms with E-state index in [1.165, 1.54) is 5.69 Å². The standard InChI is InChI=1S/C12H19N3/c1-8(2)15-9(3)7-14-11-6-10(13)4-5-12(11)15/h4-6,8-9,14H,7,13H2,1-3H3. The molecular weight excluding hydrogens is 186 g/mol. The van der Waals surface area contributed by atoms with Gasteiger partial charge in [0.1, 0.15) is 0 Å². The fourth-order valence-corrected chi connectivity index (χ4v) is 2.30. The lowest BCUT2D eigenvalue weighted by Gasteiger charge is -2.40. The van der Waals surface area contributed by atoms with Crippen LogP contribution in [0.5, 0.6) is 0 Å². The van der Waals surface area contributed by atoms with Gasteiger partial charge in [-0.25, -0.2) is 0 Å². The summed E-state index contributed by atoms with van der Waals surface area (Å²) in [4.78, 5) is 2.44. The van der Waals surface area contributed by atoms with Crippen molar-refractivity contribution in [1.29, 1.82) is 0 Å². The van der Waals surface area contributed by atoms with Gasteiger partial charge < -0.3 is 16.0 Å². The van der Waals surface area contributed by atoms with Gasteiger partial charge in [-0.3, -0.25) is 0 Å². The SMILES string of the molecule is CC(C)N1c2ccc(N)cc2NCC1C. The van der Waals surface area contributed by atoms with Gasteiger partial charge in [0.2, 0.25) is 0 Å². The van der Waals surface area contributed by atoms with E-state index in [9.17, 15) is 0 Å². The van der Waals surface area contributed by atoms with Crippen molar-refractivity contribution < 1.29 is 0 Å². The highest BCUT2D eigenvalue weighted by molar-refractivity contribution is 5.76. The molecule has 0 fully saturated rings. The molecule has 1 unspecified atom stereocenters. The molecule has 3 heteroatoms. The van der Waals surface area contributed by atoms with Crippen molar-refractivity contribution in [2.45, 2.75) is 32.9 Å². The molecule has 3 N–H and O–H groups in total. The quantitative estimate of drug-likeness (QED) is 0.691. The molecule has 1 aliphatic heterocycles. The van der Waals surface area contributed by atoms with Crippen LogP contribution in [0.2, 0.25) is 0 Å². The Balaban J connectivity index is 2.43. The first-order chi connectivity index (χ1) is 7.09. The van der Waals surface area contributed by atoms with Crippen molar-refractivity contribution in [3.63, 3.8) is 0 Å². The maximum absolute atomic E-state index is 5.78. The molecule has 0 radical (unpaired) electrons. The van der Waals surface area contributed by atoms with E-state index in [1.54, 1.807) is 0 Å². The van der Waals surface area contributed by atoms with E-state index in [-0.39, 0.29) is 0 Å². The Kier molecular flexibility index (Phi) is 2.47. The number of nitrogens with one attached hydrogen (secondary N) is 1. The van der Waals surface area contributed by atoms with Crippen molar-refractivity contribution in [3.8, 4) is 0 Å². The van der Waals surface area contributed by atoms with Crippen LogP contribution in [0.15, 0.2) is 18.2 Å². The molecule has 1 aromatic carbocycles. The summed E-state index contributed by atoms with van der Waals surface area (Å²) in [6.45, 7) is 7.67. The molecule has 0 saturated carbocycles. The average Bonchev–Trinajstić information content (AvgIpc) is 2.17. The topological polar surface area (TPSA) is 41.3 Å². The fourth-order valence-electron chi connectivity index (χ4n) is 2.30. The number of hydrogen-bond donors (Lipinski definition) is 2. The molecule has 0 saturated heterocycles. The molecular formula is C12H19N3. The number of nitrogens with two attached hydrogens (primary N) is 1. The number of anilines is 3. The number of rotatable bonds is 1. The van der Waals surface area contributed by atoms with Crippen molar-refractivity contribution in [2.75, 3.05) is 22.5 Å². The molecule has 0 amide bonds. The highest BCUT2D eigenvalue weighted by Crippen LogP contribution is 2.34. The predicted octanol–water partition coefficient (Wildman–Crippen LogP) is 2.30. The molecule has 0 aliphatic carbocycles. The Bertz CT molecular complexity index is 360. The molecule has 1 atom stereocenters. The van der Waals surface area contributed by atoms with Gasteiger partial charge in [-0.15, -0.1) is 0 Å². The highest BCUT2D eigenvalue weighted by Gasteiger charge is 2.24. The maximum Gasteiger partial charge on any atom is 0.0608 e. The van der Waals surface area contributed by atoms with E-state index < -0.39 is 0 Å². The first kappa shape index (κ1) is 10.1. The fraction of sp³-hybridized carbons (Fsp3) is 0.500. The molecule has 0 spiro atoms. The third-order valence-corrected chi connectivity index (χ3v) is 2.92. The van der Waals surface area contributed by atoms with Crippen LogP contribution in [0.4, 0.5) is 17.1 Å². The lowest BCUT2D eigenvalue weighted by molar-refractivity contribution is 0.580. The third kappa shape index (κ3) is 1.74. The van der Waals surface area contributed by atoms with E-state index >= 15 is 0 Å². The van der Waals surface area contributed by atoms with Crippen molar-refractivity contribution in [3.05, 3.63) is 18.2 Å². The zero-order chi connectivity index (χ0) is 11.0. The Labute approximate surface area is 91.3 Å².